The molecule has 0 saturated heterocycles. The molecule has 2 heteroatoms. The van der Waals surface area contributed by atoms with Gasteiger partial charge in [-0.3, -0.25) is 4.79 Å². The fourth-order valence-electron chi connectivity index (χ4n) is 9.03. The smallest absolute Gasteiger partial charge is 0.303 e. The molecule has 4 aliphatic carbocycles. The fourth-order valence-corrected chi connectivity index (χ4v) is 9.03. The number of fused-ring (bicyclic) bond motifs is 5. The number of hydrogen-bond donors (Lipinski definition) is 0. The van der Waals surface area contributed by atoms with Crippen molar-refractivity contribution in [3.8, 4) is 0 Å². The van der Waals surface area contributed by atoms with Crippen molar-refractivity contribution in [3.63, 3.8) is 0 Å². The summed E-state index contributed by atoms with van der Waals surface area (Å²) in [4.78, 5) is 11.5. The summed E-state index contributed by atoms with van der Waals surface area (Å²) in [5.74, 6) is 5.24. The Morgan fingerprint density at radius 2 is 1.81 bits per heavy atom. The number of esters is 1. The van der Waals surface area contributed by atoms with Crippen LogP contribution in [0.15, 0.2) is 11.6 Å². The first kappa shape index (κ1) is 23.4. The summed E-state index contributed by atoms with van der Waals surface area (Å²) in [6.07, 6.45) is 17.2. The van der Waals surface area contributed by atoms with Crippen molar-refractivity contribution in [1.29, 1.82) is 0 Å². The van der Waals surface area contributed by atoms with Crippen molar-refractivity contribution in [3.05, 3.63) is 11.6 Å². The third-order valence-electron chi connectivity index (χ3n) is 10.6. The average Bonchev–Trinajstić information content (AvgIpc) is 3.05. The van der Waals surface area contributed by atoms with E-state index in [1.165, 1.54) is 64.2 Å². The minimum Gasteiger partial charge on any atom is -0.458 e. The monoisotopic (exact) mass is 428 g/mol. The van der Waals surface area contributed by atoms with Gasteiger partial charge in [0.05, 0.1) is 0 Å². The number of carbonyl (C=O) groups is 1. The van der Waals surface area contributed by atoms with E-state index in [1.807, 2.05) is 0 Å². The van der Waals surface area contributed by atoms with Crippen LogP contribution in [0.4, 0.5) is 0 Å². The van der Waals surface area contributed by atoms with Gasteiger partial charge in [-0.1, -0.05) is 59.5 Å². The summed E-state index contributed by atoms with van der Waals surface area (Å²) >= 11 is 0. The van der Waals surface area contributed by atoms with Crippen molar-refractivity contribution in [2.24, 2.45) is 46.3 Å². The minimum absolute atomic E-state index is 0.0218. The fraction of sp³-hybridized carbons (Fsp3) is 0.897. The molecule has 4 aliphatic rings. The molecule has 0 aromatic heterocycles. The molecule has 8 atom stereocenters. The van der Waals surface area contributed by atoms with E-state index in [4.69, 9.17) is 4.74 Å². The van der Waals surface area contributed by atoms with E-state index in [0.29, 0.717) is 10.8 Å². The van der Waals surface area contributed by atoms with Gasteiger partial charge in [-0.05, 0) is 104 Å². The highest BCUT2D eigenvalue weighted by atomic mass is 16.5. The Morgan fingerprint density at radius 1 is 1.03 bits per heavy atom. The van der Waals surface area contributed by atoms with E-state index >= 15 is 0 Å². The molecule has 4 rings (SSSR count). The van der Waals surface area contributed by atoms with E-state index in [1.54, 1.807) is 12.5 Å². The van der Waals surface area contributed by atoms with Crippen LogP contribution in [0.1, 0.15) is 112 Å². The molecule has 0 aromatic carbocycles. The Bertz CT molecular complexity index is 693. The van der Waals surface area contributed by atoms with Crippen molar-refractivity contribution in [2.75, 3.05) is 0 Å². The number of allylic oxidation sites excluding steroid dienone is 1. The normalized spacial score (nSPS) is 42.9. The molecular weight excluding hydrogens is 380 g/mol. The van der Waals surface area contributed by atoms with Gasteiger partial charge in [0, 0.05) is 6.92 Å². The van der Waals surface area contributed by atoms with Crippen molar-refractivity contribution < 1.29 is 9.53 Å². The van der Waals surface area contributed by atoms with Crippen LogP contribution in [0.2, 0.25) is 0 Å². The lowest BCUT2D eigenvalue weighted by molar-refractivity contribution is -0.145. The summed E-state index contributed by atoms with van der Waals surface area (Å²) in [6.45, 7) is 14.1. The highest BCUT2D eigenvalue weighted by molar-refractivity contribution is 5.66. The first-order valence-corrected chi connectivity index (χ1v) is 13.5. The molecule has 0 bridgehead atoms. The van der Waals surface area contributed by atoms with Crippen LogP contribution in [0.5, 0.6) is 0 Å². The number of rotatable bonds is 6. The predicted molar refractivity (Wildman–Crippen MR) is 129 cm³/mol. The van der Waals surface area contributed by atoms with Crippen molar-refractivity contribution in [2.45, 2.75) is 118 Å². The lowest BCUT2D eigenvalue weighted by atomic mass is 9.46. The molecule has 0 aliphatic heterocycles. The van der Waals surface area contributed by atoms with Gasteiger partial charge in [0.25, 0.3) is 0 Å². The molecule has 0 heterocycles. The van der Waals surface area contributed by atoms with Crippen molar-refractivity contribution in [1.82, 2.24) is 0 Å². The van der Waals surface area contributed by atoms with Crippen LogP contribution in [-0.2, 0) is 9.53 Å². The van der Waals surface area contributed by atoms with E-state index in [9.17, 15) is 4.79 Å². The molecular formula is C29H48O2. The minimum atomic E-state index is -0.132. The lowest BCUT2D eigenvalue weighted by Gasteiger charge is -2.59. The van der Waals surface area contributed by atoms with Gasteiger partial charge >= 0.3 is 5.97 Å². The Balaban J connectivity index is 1.47. The average molecular weight is 429 g/mol. The molecule has 0 radical (unpaired) electrons. The van der Waals surface area contributed by atoms with Crippen molar-refractivity contribution >= 4 is 5.97 Å². The standard InChI is InChI=1S/C29H48O2/c1-19(2)8-7-9-20(3)25-12-13-26-24-11-10-22-18-23(31-21(4)30)14-16-28(22,5)27(24)15-17-29(25,26)6/h18-20,23-27H,7-17H2,1-6H3/t20?,23-,24?,25?,26?,27?,28?,29?/m0/s1. The highest BCUT2D eigenvalue weighted by Crippen LogP contribution is 2.67. The van der Waals surface area contributed by atoms with Crippen LogP contribution in [-0.4, -0.2) is 12.1 Å². The lowest BCUT2D eigenvalue weighted by Crippen LogP contribution is -2.51. The second kappa shape index (κ2) is 8.86. The maximum Gasteiger partial charge on any atom is 0.303 e. The number of hydrogen-bond acceptors (Lipinski definition) is 2. The highest BCUT2D eigenvalue weighted by Gasteiger charge is 2.59. The van der Waals surface area contributed by atoms with E-state index in [0.717, 1.165) is 41.9 Å². The van der Waals surface area contributed by atoms with Crippen LogP contribution < -0.4 is 0 Å². The van der Waals surface area contributed by atoms with Gasteiger partial charge < -0.3 is 4.74 Å². The van der Waals surface area contributed by atoms with Crippen LogP contribution in [0, 0.1) is 46.3 Å². The largest absolute Gasteiger partial charge is 0.458 e. The zero-order valence-corrected chi connectivity index (χ0v) is 21.2. The number of carbonyl (C=O) groups excluding carboxylic acids is 1. The van der Waals surface area contributed by atoms with E-state index in [-0.39, 0.29) is 12.1 Å². The second-order valence-corrected chi connectivity index (χ2v) is 12.7. The summed E-state index contributed by atoms with van der Waals surface area (Å²) < 4.78 is 5.58. The molecule has 0 N–H and O–H groups in total. The summed E-state index contributed by atoms with van der Waals surface area (Å²) in [6, 6.07) is 0. The van der Waals surface area contributed by atoms with Gasteiger partial charge in [-0.15, -0.1) is 0 Å². The third kappa shape index (κ3) is 4.26. The zero-order chi connectivity index (χ0) is 22.4. The van der Waals surface area contributed by atoms with Crippen LogP contribution in [0.3, 0.4) is 0 Å². The summed E-state index contributed by atoms with van der Waals surface area (Å²) in [7, 11) is 0. The summed E-state index contributed by atoms with van der Waals surface area (Å²) in [5, 5.41) is 0. The first-order chi connectivity index (χ1) is 14.6. The molecule has 0 aromatic rings. The van der Waals surface area contributed by atoms with Crippen LogP contribution >= 0.6 is 0 Å². The Labute approximate surface area is 192 Å². The summed E-state index contributed by atoms with van der Waals surface area (Å²) in [5.41, 5.74) is 2.54. The number of ether oxygens (including phenoxy) is 1. The molecule has 3 saturated carbocycles. The van der Waals surface area contributed by atoms with Gasteiger partial charge in [0.1, 0.15) is 6.10 Å². The molecule has 2 nitrogen and oxygen atoms in total. The quantitative estimate of drug-likeness (QED) is 0.317. The zero-order valence-electron chi connectivity index (χ0n) is 21.2. The maximum absolute atomic E-state index is 11.5. The van der Waals surface area contributed by atoms with Gasteiger partial charge in [0.15, 0.2) is 0 Å². The first-order valence-electron chi connectivity index (χ1n) is 13.5. The van der Waals surface area contributed by atoms with E-state index in [2.05, 4.69) is 40.7 Å². The predicted octanol–water partition coefficient (Wildman–Crippen LogP) is 7.96. The maximum atomic E-state index is 11.5. The Morgan fingerprint density at radius 3 is 2.52 bits per heavy atom. The molecule has 7 unspecified atom stereocenters. The molecule has 176 valence electrons. The van der Waals surface area contributed by atoms with E-state index < -0.39 is 0 Å². The second-order valence-electron chi connectivity index (χ2n) is 12.7. The van der Waals surface area contributed by atoms with Gasteiger partial charge in [-0.25, -0.2) is 0 Å². The third-order valence-corrected chi connectivity index (χ3v) is 10.6. The molecule has 3 fully saturated rings. The van der Waals surface area contributed by atoms with Gasteiger partial charge in [-0.2, -0.15) is 0 Å². The van der Waals surface area contributed by atoms with Crippen LogP contribution in [0.25, 0.3) is 0 Å². The Kier molecular flexibility index (Phi) is 6.68. The molecule has 31 heavy (non-hydrogen) atoms. The topological polar surface area (TPSA) is 26.3 Å². The molecule has 0 spiro atoms. The molecule has 0 amide bonds. The van der Waals surface area contributed by atoms with Gasteiger partial charge in [0.2, 0.25) is 0 Å². The SMILES string of the molecule is CC(=O)O[C@@H]1C=C2CCC3C(CCC4(C)C(C(C)CCCC(C)C)CCC34)C2(C)CC1. The Hall–Kier alpha value is -0.790.